The number of aromatic nitrogens is 3. The van der Waals surface area contributed by atoms with Crippen LogP contribution in [0.2, 0.25) is 0 Å². The molecule has 25 heavy (non-hydrogen) atoms. The third kappa shape index (κ3) is 3.26. The molecule has 2 aromatic rings. The summed E-state index contributed by atoms with van der Waals surface area (Å²) in [4.78, 5) is 25.7. The van der Waals surface area contributed by atoms with Crippen molar-refractivity contribution in [1.82, 2.24) is 19.9 Å². The molecule has 0 radical (unpaired) electrons. The Labute approximate surface area is 145 Å². The fraction of sp³-hybridized carbons (Fsp3) is 0.444. The van der Waals surface area contributed by atoms with Crippen LogP contribution >= 0.6 is 0 Å². The Morgan fingerprint density at radius 3 is 2.60 bits per heavy atom. The molecule has 2 atom stereocenters. The van der Waals surface area contributed by atoms with Crippen molar-refractivity contribution < 1.29 is 14.7 Å². The highest BCUT2D eigenvalue weighted by Gasteiger charge is 2.46. The summed E-state index contributed by atoms with van der Waals surface area (Å²) in [6.07, 6.45) is 3.91. The first-order valence-corrected chi connectivity index (χ1v) is 8.58. The first-order valence-electron chi connectivity index (χ1n) is 8.58. The maximum absolute atomic E-state index is 12.6. The lowest BCUT2D eigenvalue weighted by atomic mass is 9.92. The Kier molecular flexibility index (Phi) is 3.99. The highest BCUT2D eigenvalue weighted by molar-refractivity contribution is 5.79. The Balaban J connectivity index is 1.42. The number of rotatable bonds is 5. The Morgan fingerprint density at radius 1 is 1.16 bits per heavy atom. The lowest BCUT2D eigenvalue weighted by molar-refractivity contribution is -0.142. The van der Waals surface area contributed by atoms with E-state index in [-0.39, 0.29) is 18.4 Å². The molecule has 2 heterocycles. The van der Waals surface area contributed by atoms with E-state index in [0.29, 0.717) is 24.7 Å². The molecule has 7 heteroatoms. The zero-order chi connectivity index (χ0) is 17.4. The number of aliphatic carboxylic acids is 1. The van der Waals surface area contributed by atoms with E-state index in [0.717, 1.165) is 18.4 Å². The molecule has 1 aliphatic carbocycles. The summed E-state index contributed by atoms with van der Waals surface area (Å²) in [6, 6.07) is 9.66. The quantitative estimate of drug-likeness (QED) is 0.891. The van der Waals surface area contributed by atoms with Crippen LogP contribution in [0, 0.1) is 17.8 Å². The number of amides is 1. The first-order chi connectivity index (χ1) is 12.1. The number of carboxylic acid groups (broad SMARTS) is 1. The third-order valence-corrected chi connectivity index (χ3v) is 5.17. The molecule has 0 bridgehead atoms. The molecule has 1 amide bonds. The van der Waals surface area contributed by atoms with Gasteiger partial charge in [-0.2, -0.15) is 0 Å². The molecule has 4 rings (SSSR count). The fourth-order valence-corrected chi connectivity index (χ4v) is 3.65. The van der Waals surface area contributed by atoms with Gasteiger partial charge in [-0.3, -0.25) is 9.59 Å². The van der Waals surface area contributed by atoms with Gasteiger partial charge in [0.05, 0.1) is 12.1 Å². The highest BCUT2D eigenvalue weighted by Crippen LogP contribution is 2.44. The van der Waals surface area contributed by atoms with Crippen LogP contribution in [-0.4, -0.2) is 50.0 Å². The lowest BCUT2D eigenvalue weighted by Crippen LogP contribution is -2.33. The molecule has 1 N–H and O–H groups in total. The van der Waals surface area contributed by atoms with Crippen LogP contribution < -0.4 is 0 Å². The van der Waals surface area contributed by atoms with Gasteiger partial charge in [0.15, 0.2) is 0 Å². The molecule has 7 nitrogen and oxygen atoms in total. The van der Waals surface area contributed by atoms with Crippen LogP contribution in [0.4, 0.5) is 0 Å². The summed E-state index contributed by atoms with van der Waals surface area (Å²) in [5.41, 5.74) is 1.66. The molecule has 0 unspecified atom stereocenters. The fourth-order valence-electron chi connectivity index (χ4n) is 3.65. The topological polar surface area (TPSA) is 88.3 Å². The molecule has 130 valence electrons. The molecule has 1 aliphatic heterocycles. The van der Waals surface area contributed by atoms with E-state index in [2.05, 4.69) is 10.3 Å². The Morgan fingerprint density at radius 2 is 1.92 bits per heavy atom. The van der Waals surface area contributed by atoms with E-state index in [1.807, 2.05) is 30.3 Å². The molecule has 1 saturated heterocycles. The van der Waals surface area contributed by atoms with Gasteiger partial charge in [-0.25, -0.2) is 4.68 Å². The molecule has 1 saturated carbocycles. The van der Waals surface area contributed by atoms with Crippen molar-refractivity contribution in [2.45, 2.75) is 19.4 Å². The summed E-state index contributed by atoms with van der Waals surface area (Å²) in [7, 11) is 0. The summed E-state index contributed by atoms with van der Waals surface area (Å²) >= 11 is 0. The van der Waals surface area contributed by atoms with Crippen molar-refractivity contribution >= 4 is 11.9 Å². The van der Waals surface area contributed by atoms with Crippen molar-refractivity contribution in [2.75, 3.05) is 13.1 Å². The van der Waals surface area contributed by atoms with Crippen molar-refractivity contribution in [1.29, 1.82) is 0 Å². The maximum Gasteiger partial charge on any atom is 0.308 e. The maximum atomic E-state index is 12.6. The molecule has 2 fully saturated rings. The van der Waals surface area contributed by atoms with Gasteiger partial charge in [-0.05, 0) is 24.7 Å². The predicted octanol–water partition coefficient (Wildman–Crippen LogP) is 1.51. The summed E-state index contributed by atoms with van der Waals surface area (Å²) in [5, 5.41) is 17.6. The SMILES string of the molecule is O=C(O)[C@H]1CN(C(=O)Cn2cc(-c3ccccc3)nn2)C[C@@H]1C1CC1. The van der Waals surface area contributed by atoms with Crippen LogP contribution in [0.3, 0.4) is 0 Å². The normalized spacial score (nSPS) is 23.0. The minimum absolute atomic E-state index is 0.0869. The number of carboxylic acids is 1. The van der Waals surface area contributed by atoms with Gasteiger partial charge in [0.25, 0.3) is 0 Å². The number of hydrogen-bond donors (Lipinski definition) is 1. The third-order valence-electron chi connectivity index (χ3n) is 5.17. The van der Waals surface area contributed by atoms with Crippen LogP contribution in [0.1, 0.15) is 12.8 Å². The molecule has 0 spiro atoms. The number of benzene rings is 1. The van der Waals surface area contributed by atoms with Gasteiger partial charge in [0.2, 0.25) is 5.91 Å². The minimum Gasteiger partial charge on any atom is -0.481 e. The molecule has 2 aliphatic rings. The average molecular weight is 340 g/mol. The number of carbonyl (C=O) groups is 2. The second-order valence-electron chi connectivity index (χ2n) is 6.91. The van der Waals surface area contributed by atoms with Crippen molar-refractivity contribution in [3.63, 3.8) is 0 Å². The predicted molar refractivity (Wildman–Crippen MR) is 89.4 cm³/mol. The van der Waals surface area contributed by atoms with Crippen molar-refractivity contribution in [3.05, 3.63) is 36.5 Å². The molecular formula is C18H20N4O3. The molecular weight excluding hydrogens is 320 g/mol. The van der Waals surface area contributed by atoms with Crippen LogP contribution in [0.25, 0.3) is 11.3 Å². The van der Waals surface area contributed by atoms with E-state index in [1.54, 1.807) is 11.1 Å². The van der Waals surface area contributed by atoms with Gasteiger partial charge < -0.3 is 10.0 Å². The van der Waals surface area contributed by atoms with Crippen LogP contribution in [0.15, 0.2) is 36.5 Å². The smallest absolute Gasteiger partial charge is 0.308 e. The van der Waals surface area contributed by atoms with E-state index >= 15 is 0 Å². The van der Waals surface area contributed by atoms with Gasteiger partial charge in [-0.1, -0.05) is 35.5 Å². The van der Waals surface area contributed by atoms with E-state index in [4.69, 9.17) is 0 Å². The zero-order valence-electron chi connectivity index (χ0n) is 13.8. The largest absolute Gasteiger partial charge is 0.481 e. The first kappa shape index (κ1) is 15.8. The number of carbonyl (C=O) groups excluding carboxylic acids is 1. The van der Waals surface area contributed by atoms with Crippen molar-refractivity contribution in [2.24, 2.45) is 17.8 Å². The zero-order valence-corrected chi connectivity index (χ0v) is 13.8. The number of likely N-dealkylation sites (tertiary alicyclic amines) is 1. The van der Waals surface area contributed by atoms with E-state index in [1.165, 1.54) is 4.68 Å². The van der Waals surface area contributed by atoms with Gasteiger partial charge >= 0.3 is 5.97 Å². The summed E-state index contributed by atoms with van der Waals surface area (Å²) in [5.74, 6) is -0.766. The Hall–Kier alpha value is -2.70. The van der Waals surface area contributed by atoms with Gasteiger partial charge in [0.1, 0.15) is 12.2 Å². The highest BCUT2D eigenvalue weighted by atomic mass is 16.4. The average Bonchev–Trinajstić information content (AvgIpc) is 3.18. The molecule has 1 aromatic carbocycles. The van der Waals surface area contributed by atoms with Crippen LogP contribution in [0.5, 0.6) is 0 Å². The van der Waals surface area contributed by atoms with E-state index in [9.17, 15) is 14.7 Å². The van der Waals surface area contributed by atoms with Crippen molar-refractivity contribution in [3.8, 4) is 11.3 Å². The second-order valence-corrected chi connectivity index (χ2v) is 6.91. The Bertz CT molecular complexity index is 785. The summed E-state index contributed by atoms with van der Waals surface area (Å²) in [6.45, 7) is 0.930. The van der Waals surface area contributed by atoms with E-state index < -0.39 is 11.9 Å². The minimum atomic E-state index is -0.792. The van der Waals surface area contributed by atoms with Crippen LogP contribution in [-0.2, 0) is 16.1 Å². The number of hydrogen-bond acceptors (Lipinski definition) is 4. The van der Waals surface area contributed by atoms with Gasteiger partial charge in [0, 0.05) is 18.7 Å². The monoisotopic (exact) mass is 340 g/mol. The standard InChI is InChI=1S/C18H20N4O3/c23-17(21-8-14(12-6-7-12)15(9-21)18(24)25)11-22-10-16(19-20-22)13-4-2-1-3-5-13/h1-5,10,12,14-15H,6-9,11H2,(H,24,25)/t14-,15+/m1/s1. The summed E-state index contributed by atoms with van der Waals surface area (Å²) < 4.78 is 1.52. The second kappa shape index (κ2) is 6.31. The van der Waals surface area contributed by atoms with Gasteiger partial charge in [-0.15, -0.1) is 5.10 Å². The lowest BCUT2D eigenvalue weighted by Gasteiger charge is -2.15. The number of nitrogens with zero attached hydrogens (tertiary/aromatic N) is 4. The molecule has 1 aromatic heterocycles.